The summed E-state index contributed by atoms with van der Waals surface area (Å²) in [6.45, 7) is 18.6. The number of benzene rings is 4. The Morgan fingerprint density at radius 1 is 0.275 bits per heavy atom. The van der Waals surface area contributed by atoms with Gasteiger partial charge in [0, 0.05) is 103 Å². The van der Waals surface area contributed by atoms with Gasteiger partial charge in [-0.2, -0.15) is 0 Å². The third-order valence-corrected chi connectivity index (χ3v) is 19.9. The molecule has 0 N–H and O–H groups in total. The predicted octanol–water partition coefficient (Wildman–Crippen LogP) is 10.4. The molecule has 38 heteroatoms. The Morgan fingerprint density at radius 3 is 0.779 bits per heavy atom. The molecule has 0 aliphatic rings. The van der Waals surface area contributed by atoms with Gasteiger partial charge in [0.25, 0.3) is 0 Å². The first-order valence-electron chi connectivity index (χ1n) is 46.2. The van der Waals surface area contributed by atoms with Crippen molar-refractivity contribution in [3.05, 3.63) is 143 Å². The summed E-state index contributed by atoms with van der Waals surface area (Å²) < 4.78 is 115. The second-order valence-corrected chi connectivity index (χ2v) is 31.3. The van der Waals surface area contributed by atoms with E-state index in [0.717, 1.165) is 57.9 Å². The van der Waals surface area contributed by atoms with Crippen molar-refractivity contribution in [1.82, 2.24) is 60.0 Å². The van der Waals surface area contributed by atoms with Gasteiger partial charge in [0.15, 0.2) is 46.0 Å². The number of hydrogen-bond donors (Lipinski definition) is 0. The Morgan fingerprint density at radius 2 is 0.511 bits per heavy atom. The van der Waals surface area contributed by atoms with Gasteiger partial charge in [0.05, 0.1) is 192 Å². The smallest absolute Gasteiger partial charge is 0.311 e. The van der Waals surface area contributed by atoms with Crippen LogP contribution in [-0.2, 0) is 144 Å². The molecule has 0 atom stereocenters. The summed E-state index contributed by atoms with van der Waals surface area (Å²) >= 11 is 0. The molecule has 131 heavy (non-hydrogen) atoms. The van der Waals surface area contributed by atoms with E-state index in [1.165, 1.54) is 0 Å². The highest BCUT2D eigenvalue weighted by atomic mass is 16.6. The highest BCUT2D eigenvalue weighted by molar-refractivity contribution is 6.09. The normalized spacial score (nSPS) is 11.5. The summed E-state index contributed by atoms with van der Waals surface area (Å²) in [5.74, 6) is 2.13. The molecule has 0 spiro atoms. The summed E-state index contributed by atoms with van der Waals surface area (Å²) in [7, 11) is 23.5. The monoisotopic (exact) mass is 1810 g/mol. The van der Waals surface area contributed by atoms with E-state index in [-0.39, 0.29) is 63.5 Å². The van der Waals surface area contributed by atoms with Gasteiger partial charge in [-0.25, -0.2) is 9.36 Å². The van der Waals surface area contributed by atoms with Crippen LogP contribution in [0, 0.1) is 5.41 Å². The van der Waals surface area contributed by atoms with E-state index in [0.29, 0.717) is 332 Å². The van der Waals surface area contributed by atoms with Crippen LogP contribution >= 0.6 is 0 Å². The molecule has 0 amide bonds. The van der Waals surface area contributed by atoms with Gasteiger partial charge in [-0.05, 0) is 151 Å². The van der Waals surface area contributed by atoms with E-state index in [9.17, 15) is 19.2 Å². The molecule has 34 nitrogen and oxygen atoms in total. The Balaban J connectivity index is 0.785. The second-order valence-electron chi connectivity index (χ2n) is 31.3. The number of rotatable bonds is 78. The highest BCUT2D eigenvalue weighted by Crippen LogP contribution is 2.34. The topological polar surface area (TPSA) is 357 Å². The number of nitrogens with zero attached hydrogens (tertiary/aromatic N) is 12. The van der Waals surface area contributed by atoms with Crippen LogP contribution in [0.5, 0.6) is 46.0 Å². The van der Waals surface area contributed by atoms with Crippen LogP contribution in [0.3, 0.4) is 0 Å². The molecule has 0 aliphatic carbocycles. The number of ether oxygens (including phenoxy) is 18. The molecule has 0 saturated carbocycles. The molecule has 8 rings (SSSR count). The van der Waals surface area contributed by atoms with Crippen molar-refractivity contribution in [1.29, 1.82) is 0 Å². The lowest BCUT2D eigenvalue weighted by Gasteiger charge is -2.33. The number of carbonyl (C=O) groups excluding carboxylic acids is 4. The third-order valence-electron chi connectivity index (χ3n) is 19.9. The standard InChI is InChI=1S/C93H132B4N12O22/c1-5-17-89(110)128-81-29-25-73(61-94)57-85(81)124-43-9-21-77-65-106(102-98-77)33-13-37-114-49-51-116-39-15-41-120-69-93(71-122-55-53-118-47-35-108-67-79(100-104-108)23-11-45-126-87-59-75(63-96)27-31-83(87)130-91(112)19-7-3,72-123-56-54-119-48-36-109-68-80(101-105-109)24-12-46-127-88-60-76(64-97)28-32-84(88)131-92(113)20-8-4)70-121-42-16-40-117-52-50-115-38-14-34-107-66-78(99-103-107)22-10-44-125-86-58-74(62-95)26-30-82(86)129-90(111)18-6-2/h25-32,57-60,65-68H,5-24,33-56,61-64,69-72H2,1-4H3. The molecular weight excluding hydrogens is 1680 g/mol. The first kappa shape index (κ1) is 107. The average Bonchev–Trinajstić information content (AvgIpc) is 1.83. The molecular formula is C93H132B4N12O22. The summed E-state index contributed by atoms with van der Waals surface area (Å²) in [5, 5.41) is 34.7. The van der Waals surface area contributed by atoms with Crippen LogP contribution < -0.4 is 37.9 Å². The predicted molar refractivity (Wildman–Crippen MR) is 490 cm³/mol. The van der Waals surface area contributed by atoms with Crippen molar-refractivity contribution >= 4 is 55.3 Å². The molecule has 708 valence electrons. The number of aromatic nitrogens is 12. The molecule has 4 heterocycles. The molecule has 8 aromatic rings. The Bertz CT molecular complexity index is 4210. The first-order chi connectivity index (χ1) is 64.2. The molecule has 0 fully saturated rings. The van der Waals surface area contributed by atoms with E-state index < -0.39 is 5.41 Å². The molecule has 4 aromatic heterocycles. The Labute approximate surface area is 776 Å². The minimum absolute atomic E-state index is 0.222. The number of carbonyl (C=O) groups is 4. The van der Waals surface area contributed by atoms with Crippen LogP contribution in [0.15, 0.2) is 97.6 Å². The summed E-state index contributed by atoms with van der Waals surface area (Å²) in [6.07, 6.45) is 20.8. The number of esters is 4. The van der Waals surface area contributed by atoms with Crippen molar-refractivity contribution in [2.24, 2.45) is 5.41 Å². The van der Waals surface area contributed by atoms with Crippen molar-refractivity contribution in [3.63, 3.8) is 0 Å². The quantitative estimate of drug-likeness (QED) is 0.0148. The lowest BCUT2D eigenvalue weighted by atomic mass is 9.92. The van der Waals surface area contributed by atoms with E-state index >= 15 is 0 Å². The number of hydrogen-bond acceptors (Lipinski definition) is 30. The molecule has 0 unspecified atom stereocenters. The molecule has 0 aliphatic heterocycles. The van der Waals surface area contributed by atoms with Crippen molar-refractivity contribution in [3.8, 4) is 46.0 Å². The van der Waals surface area contributed by atoms with E-state index in [1.807, 2.05) is 86.1 Å². The Hall–Kier alpha value is -9.62. The SMILES string of the molecule is [B]Cc1ccc(OC(=O)CCC)c(OCCCc2cn(CCCOCCOCCCOCC(COCCCOCCOCCCn3cc(CCCOc4cc(C[B])ccc4OC(=O)CCC)nn3)(COCCOCCn3cc(CCCOc4cc(C[B])ccc4OC(=O)CCC)nn3)COCCOCCn3cc(CCCOc4cc(C[B])ccc4OC(=O)CCC)nn3)nn2)c1. The van der Waals surface area contributed by atoms with Crippen LogP contribution in [-0.4, -0.2) is 274 Å². The fraction of sp³-hybridized carbons (Fsp3) is 0.613. The zero-order valence-corrected chi connectivity index (χ0v) is 77.2. The maximum absolute atomic E-state index is 12.3. The first-order valence-corrected chi connectivity index (χ1v) is 46.2. The maximum atomic E-state index is 12.3. The van der Waals surface area contributed by atoms with Crippen LogP contribution in [0.4, 0.5) is 0 Å². The van der Waals surface area contributed by atoms with Gasteiger partial charge in [-0.15, -0.1) is 20.4 Å². The second kappa shape index (κ2) is 65.1. The molecule has 8 radical (unpaired) electrons. The van der Waals surface area contributed by atoms with Crippen molar-refractivity contribution in [2.75, 3.05) is 159 Å². The van der Waals surface area contributed by atoms with E-state index in [4.69, 9.17) is 117 Å². The molecule has 0 bridgehead atoms. The zero-order valence-electron chi connectivity index (χ0n) is 77.2. The summed E-state index contributed by atoms with van der Waals surface area (Å²) in [4.78, 5) is 49.1. The highest BCUT2D eigenvalue weighted by Gasteiger charge is 2.33. The largest absolute Gasteiger partial charge is 0.490 e. The lowest BCUT2D eigenvalue weighted by molar-refractivity contribution is -0.135. The average molecular weight is 1810 g/mol. The van der Waals surface area contributed by atoms with Crippen LogP contribution in [0.1, 0.15) is 175 Å². The summed E-state index contributed by atoms with van der Waals surface area (Å²) in [5.41, 5.74) is 5.99. The zero-order chi connectivity index (χ0) is 92.8. The van der Waals surface area contributed by atoms with E-state index in [1.54, 1.807) is 57.9 Å². The summed E-state index contributed by atoms with van der Waals surface area (Å²) in [6, 6.07) is 21.4. The van der Waals surface area contributed by atoms with Gasteiger partial charge in [-0.1, -0.05) is 120 Å². The van der Waals surface area contributed by atoms with Gasteiger partial charge in [-0.3, -0.25) is 28.5 Å². The van der Waals surface area contributed by atoms with E-state index in [2.05, 4.69) is 41.2 Å². The minimum Gasteiger partial charge on any atom is -0.490 e. The Kier molecular flexibility index (Phi) is 53.0. The molecule has 4 aromatic carbocycles. The fourth-order valence-electron chi connectivity index (χ4n) is 13.0. The maximum Gasteiger partial charge on any atom is 0.311 e. The fourth-order valence-corrected chi connectivity index (χ4v) is 13.0. The van der Waals surface area contributed by atoms with Crippen molar-refractivity contribution in [2.45, 2.75) is 208 Å². The minimum atomic E-state index is -0.760. The van der Waals surface area contributed by atoms with Gasteiger partial charge < -0.3 is 85.3 Å². The van der Waals surface area contributed by atoms with Gasteiger partial charge in [0.1, 0.15) is 0 Å². The van der Waals surface area contributed by atoms with Crippen molar-refractivity contribution < 1.29 is 104 Å². The number of aryl methyl sites for hydroxylation is 6. The van der Waals surface area contributed by atoms with Crippen LogP contribution in [0.2, 0.25) is 0 Å². The third kappa shape index (κ3) is 43.7. The van der Waals surface area contributed by atoms with Gasteiger partial charge in [0.2, 0.25) is 0 Å². The van der Waals surface area contributed by atoms with Gasteiger partial charge >= 0.3 is 23.9 Å². The van der Waals surface area contributed by atoms with Crippen LogP contribution in [0.25, 0.3) is 0 Å². The lowest BCUT2D eigenvalue weighted by Crippen LogP contribution is -2.42. The molecule has 0 saturated heterocycles.